The molecule has 2 aromatic carbocycles. The number of carbonyl (C=O) groups is 2. The number of halogens is 2. The number of nitrogens with one attached hydrogen (secondary N) is 2. The number of benzene rings is 2. The van der Waals surface area contributed by atoms with Crippen LogP contribution in [-0.2, 0) is 16.1 Å². The molecule has 2 rings (SSSR count). The van der Waals surface area contributed by atoms with Gasteiger partial charge in [0.05, 0.1) is 0 Å². The molecule has 0 aliphatic rings. The predicted molar refractivity (Wildman–Crippen MR) is 91.8 cm³/mol. The van der Waals surface area contributed by atoms with E-state index in [1.54, 1.807) is 0 Å². The first-order valence-electron chi connectivity index (χ1n) is 7.81. The van der Waals surface area contributed by atoms with Crippen LogP contribution in [0.1, 0.15) is 25.0 Å². The second-order valence-electron chi connectivity index (χ2n) is 6.28. The molecule has 0 saturated heterocycles. The topological polar surface area (TPSA) is 58.2 Å². The van der Waals surface area contributed by atoms with Crippen LogP contribution in [0.2, 0.25) is 0 Å². The second-order valence-corrected chi connectivity index (χ2v) is 6.28. The summed E-state index contributed by atoms with van der Waals surface area (Å²) in [6.07, 6.45) is 0. The largest absolute Gasteiger partial charge is 0.351 e. The smallest absolute Gasteiger partial charge is 0.239 e. The highest BCUT2D eigenvalue weighted by Crippen LogP contribution is 2.23. The molecule has 0 aliphatic carbocycles. The Balaban J connectivity index is 2.07. The van der Waals surface area contributed by atoms with E-state index in [1.165, 1.54) is 19.9 Å². The van der Waals surface area contributed by atoms with E-state index < -0.39 is 34.6 Å². The van der Waals surface area contributed by atoms with Crippen molar-refractivity contribution in [1.82, 2.24) is 5.32 Å². The molecule has 132 valence electrons. The first kappa shape index (κ1) is 18.6. The van der Waals surface area contributed by atoms with Crippen molar-refractivity contribution in [1.29, 1.82) is 0 Å². The molecular weight excluding hydrogens is 326 g/mol. The fraction of sp³-hybridized carbons (Fsp3) is 0.263. The molecule has 0 unspecified atom stereocenters. The number of rotatable bonds is 5. The summed E-state index contributed by atoms with van der Waals surface area (Å²) in [6.45, 7) is 4.97. The van der Waals surface area contributed by atoms with E-state index in [0.717, 1.165) is 23.3 Å². The molecule has 2 aromatic rings. The maximum atomic E-state index is 13.7. The lowest BCUT2D eigenvalue weighted by molar-refractivity contribution is -0.138. The van der Waals surface area contributed by atoms with Gasteiger partial charge in [-0.3, -0.25) is 9.59 Å². The summed E-state index contributed by atoms with van der Waals surface area (Å²) in [5.41, 5.74) is -0.129. The highest BCUT2D eigenvalue weighted by atomic mass is 19.1. The van der Waals surface area contributed by atoms with Gasteiger partial charge in [0.1, 0.15) is 22.7 Å². The quantitative estimate of drug-likeness (QED) is 0.814. The number of hydrogen-bond acceptors (Lipinski definition) is 2. The van der Waals surface area contributed by atoms with Crippen LogP contribution in [0.4, 0.5) is 14.5 Å². The van der Waals surface area contributed by atoms with E-state index in [9.17, 15) is 18.4 Å². The molecule has 2 amide bonds. The van der Waals surface area contributed by atoms with Crippen molar-refractivity contribution in [2.75, 3.05) is 5.32 Å². The molecule has 0 spiro atoms. The average Bonchev–Trinajstić information content (AvgIpc) is 2.57. The van der Waals surface area contributed by atoms with Gasteiger partial charge in [0.25, 0.3) is 0 Å². The Morgan fingerprint density at radius 1 is 0.960 bits per heavy atom. The van der Waals surface area contributed by atoms with Crippen molar-refractivity contribution < 1.29 is 18.4 Å². The van der Waals surface area contributed by atoms with Gasteiger partial charge in [0.15, 0.2) is 0 Å². The summed E-state index contributed by atoms with van der Waals surface area (Å²) in [5.74, 6) is -3.13. The van der Waals surface area contributed by atoms with Gasteiger partial charge in [-0.15, -0.1) is 0 Å². The van der Waals surface area contributed by atoms with Gasteiger partial charge in [-0.2, -0.15) is 0 Å². The van der Waals surface area contributed by atoms with Crippen LogP contribution in [0.3, 0.4) is 0 Å². The first-order valence-corrected chi connectivity index (χ1v) is 7.81. The SMILES string of the molecule is Cc1ccccc1CNC(=O)C(C)(C)C(=O)Nc1c(F)cccc1F. The summed E-state index contributed by atoms with van der Waals surface area (Å²) in [5, 5.41) is 4.85. The summed E-state index contributed by atoms with van der Waals surface area (Å²) in [7, 11) is 0. The zero-order chi connectivity index (χ0) is 18.6. The Kier molecular flexibility index (Phi) is 5.51. The number of amides is 2. The molecule has 4 nitrogen and oxygen atoms in total. The molecule has 0 saturated carbocycles. The maximum Gasteiger partial charge on any atom is 0.239 e. The lowest BCUT2D eigenvalue weighted by Gasteiger charge is -2.23. The van der Waals surface area contributed by atoms with Gasteiger partial charge in [-0.1, -0.05) is 30.3 Å². The third-order valence-corrected chi connectivity index (χ3v) is 4.04. The van der Waals surface area contributed by atoms with E-state index in [2.05, 4.69) is 10.6 Å². The van der Waals surface area contributed by atoms with Crippen LogP contribution in [-0.4, -0.2) is 11.8 Å². The number of anilines is 1. The van der Waals surface area contributed by atoms with Gasteiger partial charge in [0, 0.05) is 6.54 Å². The Hall–Kier alpha value is -2.76. The summed E-state index contributed by atoms with van der Waals surface area (Å²) in [4.78, 5) is 24.7. The van der Waals surface area contributed by atoms with Crippen molar-refractivity contribution in [2.24, 2.45) is 5.41 Å². The first-order chi connectivity index (χ1) is 11.7. The highest BCUT2D eigenvalue weighted by molar-refractivity contribution is 6.09. The number of aryl methyl sites for hydroxylation is 1. The number of carbonyl (C=O) groups excluding carboxylic acids is 2. The van der Waals surface area contributed by atoms with Crippen LogP contribution in [0.5, 0.6) is 0 Å². The monoisotopic (exact) mass is 346 g/mol. The fourth-order valence-electron chi connectivity index (χ4n) is 2.20. The average molecular weight is 346 g/mol. The molecule has 0 fully saturated rings. The lowest BCUT2D eigenvalue weighted by Crippen LogP contribution is -2.45. The number of hydrogen-bond donors (Lipinski definition) is 2. The molecule has 0 heterocycles. The molecule has 25 heavy (non-hydrogen) atoms. The fourth-order valence-corrected chi connectivity index (χ4v) is 2.20. The normalized spacial score (nSPS) is 11.1. The summed E-state index contributed by atoms with van der Waals surface area (Å²) >= 11 is 0. The third-order valence-electron chi connectivity index (χ3n) is 4.04. The van der Waals surface area contributed by atoms with Crippen LogP contribution >= 0.6 is 0 Å². The standard InChI is InChI=1S/C19H20F2N2O2/c1-12-7-4-5-8-13(12)11-22-17(24)19(2,3)18(25)23-16-14(20)9-6-10-15(16)21/h4-10H,11H2,1-3H3,(H,22,24)(H,23,25). The zero-order valence-electron chi connectivity index (χ0n) is 14.3. The third kappa shape index (κ3) is 4.21. The van der Waals surface area contributed by atoms with Crippen molar-refractivity contribution in [2.45, 2.75) is 27.3 Å². The van der Waals surface area contributed by atoms with Gasteiger partial charge in [-0.25, -0.2) is 8.78 Å². The van der Waals surface area contributed by atoms with Crippen molar-refractivity contribution in [3.63, 3.8) is 0 Å². The molecular formula is C19H20F2N2O2. The molecule has 0 aliphatic heterocycles. The van der Waals surface area contributed by atoms with E-state index in [4.69, 9.17) is 0 Å². The van der Waals surface area contributed by atoms with Crippen LogP contribution < -0.4 is 10.6 Å². The minimum Gasteiger partial charge on any atom is -0.351 e. The second kappa shape index (κ2) is 7.42. The van der Waals surface area contributed by atoms with Crippen LogP contribution in [0, 0.1) is 24.0 Å². The highest BCUT2D eigenvalue weighted by Gasteiger charge is 2.36. The zero-order valence-corrected chi connectivity index (χ0v) is 14.3. The molecule has 6 heteroatoms. The van der Waals surface area contributed by atoms with E-state index in [0.29, 0.717) is 0 Å². The lowest BCUT2D eigenvalue weighted by atomic mass is 9.90. The van der Waals surface area contributed by atoms with E-state index in [-0.39, 0.29) is 6.54 Å². The van der Waals surface area contributed by atoms with Gasteiger partial charge in [0.2, 0.25) is 11.8 Å². The number of para-hydroxylation sites is 1. The van der Waals surface area contributed by atoms with E-state index in [1.807, 2.05) is 31.2 Å². The Morgan fingerprint density at radius 3 is 2.16 bits per heavy atom. The van der Waals surface area contributed by atoms with Crippen molar-refractivity contribution in [3.05, 3.63) is 65.2 Å². The van der Waals surface area contributed by atoms with E-state index >= 15 is 0 Å². The van der Waals surface area contributed by atoms with Crippen LogP contribution in [0.15, 0.2) is 42.5 Å². The van der Waals surface area contributed by atoms with Gasteiger partial charge >= 0.3 is 0 Å². The molecule has 0 bridgehead atoms. The molecule has 0 aromatic heterocycles. The molecule has 0 radical (unpaired) electrons. The molecule has 0 atom stereocenters. The summed E-state index contributed by atoms with van der Waals surface area (Å²) in [6, 6.07) is 10.8. The minimum absolute atomic E-state index is 0.260. The minimum atomic E-state index is -1.50. The summed E-state index contributed by atoms with van der Waals surface area (Å²) < 4.78 is 27.3. The Morgan fingerprint density at radius 2 is 1.56 bits per heavy atom. The van der Waals surface area contributed by atoms with Gasteiger partial charge in [-0.05, 0) is 44.0 Å². The van der Waals surface area contributed by atoms with Gasteiger partial charge < -0.3 is 10.6 Å². The Labute approximate surface area is 145 Å². The molecule has 2 N–H and O–H groups in total. The predicted octanol–water partition coefficient (Wildman–Crippen LogP) is 3.55. The van der Waals surface area contributed by atoms with Crippen molar-refractivity contribution in [3.8, 4) is 0 Å². The van der Waals surface area contributed by atoms with Crippen molar-refractivity contribution >= 4 is 17.5 Å². The maximum absolute atomic E-state index is 13.7. The van der Waals surface area contributed by atoms with Crippen LogP contribution in [0.25, 0.3) is 0 Å². The Bertz CT molecular complexity index is 784.